The molecule has 0 saturated carbocycles. The highest BCUT2D eigenvalue weighted by atomic mass is 16.5. The van der Waals surface area contributed by atoms with Crippen LogP contribution in [0.25, 0.3) is 10.9 Å². The van der Waals surface area contributed by atoms with Crippen LogP contribution in [0.15, 0.2) is 53.3 Å². The summed E-state index contributed by atoms with van der Waals surface area (Å²) in [7, 11) is 0. The van der Waals surface area contributed by atoms with Crippen molar-refractivity contribution in [1.29, 1.82) is 0 Å². The zero-order chi connectivity index (χ0) is 27.6. The Kier molecular flexibility index (Phi) is 7.81. The van der Waals surface area contributed by atoms with Gasteiger partial charge in [0, 0.05) is 30.8 Å². The van der Waals surface area contributed by atoms with Crippen LogP contribution in [0.4, 0.5) is 0 Å². The van der Waals surface area contributed by atoms with Crippen molar-refractivity contribution in [2.45, 2.75) is 71.7 Å². The van der Waals surface area contributed by atoms with Gasteiger partial charge < -0.3 is 14.5 Å². The number of H-pyrrole nitrogens is 1. The van der Waals surface area contributed by atoms with Crippen LogP contribution in [0.2, 0.25) is 0 Å². The van der Waals surface area contributed by atoms with Crippen molar-refractivity contribution in [1.82, 2.24) is 30.1 Å². The van der Waals surface area contributed by atoms with Gasteiger partial charge >= 0.3 is 0 Å². The molecule has 1 aliphatic heterocycles. The maximum absolute atomic E-state index is 13.7. The van der Waals surface area contributed by atoms with E-state index in [2.05, 4.69) is 71.3 Å². The third kappa shape index (κ3) is 6.04. The fourth-order valence-corrected chi connectivity index (χ4v) is 5.29. The Morgan fingerprint density at radius 1 is 1.18 bits per heavy atom. The first-order chi connectivity index (χ1) is 18.7. The molecule has 5 rings (SSSR count). The van der Waals surface area contributed by atoms with E-state index >= 15 is 0 Å². The molecule has 1 saturated heterocycles. The van der Waals surface area contributed by atoms with E-state index < -0.39 is 6.04 Å². The maximum Gasteiger partial charge on any atom is 0.253 e. The van der Waals surface area contributed by atoms with Gasteiger partial charge in [0.25, 0.3) is 5.56 Å². The fourth-order valence-electron chi connectivity index (χ4n) is 5.29. The maximum atomic E-state index is 13.7. The first-order valence-electron chi connectivity index (χ1n) is 13.7. The molecule has 0 bridgehead atoms. The van der Waals surface area contributed by atoms with E-state index in [-0.39, 0.29) is 17.2 Å². The molecule has 3 heterocycles. The normalized spacial score (nSPS) is 16.7. The number of nitrogens with zero attached hydrogens (tertiary/aromatic N) is 5. The Hall–Kier alpha value is -3.56. The molecule has 206 valence electrons. The van der Waals surface area contributed by atoms with Crippen LogP contribution < -0.4 is 10.3 Å². The monoisotopic (exact) mass is 530 g/mol. The highest BCUT2D eigenvalue weighted by molar-refractivity contribution is 5.79. The van der Waals surface area contributed by atoms with Crippen LogP contribution in [-0.2, 0) is 16.8 Å². The average Bonchev–Trinajstić information content (AvgIpc) is 3.59. The van der Waals surface area contributed by atoms with Gasteiger partial charge in [-0.25, -0.2) is 4.68 Å². The molecule has 0 radical (unpaired) electrons. The van der Waals surface area contributed by atoms with E-state index in [4.69, 9.17) is 9.47 Å². The van der Waals surface area contributed by atoms with Gasteiger partial charge in [-0.05, 0) is 99.2 Å². The molecule has 39 heavy (non-hydrogen) atoms. The van der Waals surface area contributed by atoms with Crippen molar-refractivity contribution in [2.75, 3.05) is 19.8 Å². The Morgan fingerprint density at radius 3 is 2.67 bits per heavy atom. The molecule has 2 aromatic carbocycles. The van der Waals surface area contributed by atoms with Crippen molar-refractivity contribution in [3.63, 3.8) is 0 Å². The fraction of sp³-hybridized carbons (Fsp3) is 0.467. The van der Waals surface area contributed by atoms with Crippen LogP contribution >= 0.6 is 0 Å². The standard InChI is InChI=1S/C30H38N6O3/c1-6-38-23-12-10-21(11-13-23)18-35(19-24-8-7-15-39-24)27(28-32-33-34-36(28)30(3,4)5)25-17-22-16-20(2)9-14-26(22)31-29(25)37/h9-14,16-17,24,27H,6-8,15,18-19H2,1-5H3,(H,31,37)/t24-,27-/m0/s1. The number of hydrogen-bond donors (Lipinski definition) is 1. The summed E-state index contributed by atoms with van der Waals surface area (Å²) < 4.78 is 13.6. The van der Waals surface area contributed by atoms with E-state index in [1.165, 1.54) is 0 Å². The first kappa shape index (κ1) is 27.0. The second kappa shape index (κ2) is 11.3. The minimum absolute atomic E-state index is 0.0657. The second-order valence-corrected chi connectivity index (χ2v) is 11.3. The number of ether oxygens (including phenoxy) is 2. The van der Waals surface area contributed by atoms with Crippen molar-refractivity contribution in [3.05, 3.63) is 81.4 Å². The minimum Gasteiger partial charge on any atom is -0.494 e. The Bertz CT molecular complexity index is 1460. The summed E-state index contributed by atoms with van der Waals surface area (Å²) in [5, 5.41) is 13.9. The number of hydrogen-bond acceptors (Lipinski definition) is 7. The number of rotatable bonds is 9. The molecular weight excluding hydrogens is 492 g/mol. The molecule has 0 amide bonds. The highest BCUT2D eigenvalue weighted by Gasteiger charge is 2.35. The lowest BCUT2D eigenvalue weighted by atomic mass is 9.99. The van der Waals surface area contributed by atoms with E-state index in [0.29, 0.717) is 31.1 Å². The lowest BCUT2D eigenvalue weighted by molar-refractivity contribution is 0.0564. The van der Waals surface area contributed by atoms with Gasteiger partial charge in [-0.1, -0.05) is 23.8 Å². The van der Waals surface area contributed by atoms with Gasteiger partial charge in [-0.3, -0.25) is 9.69 Å². The summed E-state index contributed by atoms with van der Waals surface area (Å²) in [6.45, 7) is 12.8. The second-order valence-electron chi connectivity index (χ2n) is 11.3. The van der Waals surface area contributed by atoms with Crippen LogP contribution in [0.5, 0.6) is 5.75 Å². The van der Waals surface area contributed by atoms with Crippen molar-refractivity contribution < 1.29 is 9.47 Å². The summed E-state index contributed by atoms with van der Waals surface area (Å²) in [5.41, 5.74) is 3.11. The Balaban J connectivity index is 1.66. The zero-order valence-electron chi connectivity index (χ0n) is 23.5. The van der Waals surface area contributed by atoms with E-state index in [1.54, 1.807) is 0 Å². The van der Waals surface area contributed by atoms with Crippen LogP contribution in [0.3, 0.4) is 0 Å². The molecule has 2 aromatic heterocycles. The Morgan fingerprint density at radius 2 is 1.97 bits per heavy atom. The van der Waals surface area contributed by atoms with Crippen LogP contribution in [0.1, 0.15) is 69.1 Å². The first-order valence-corrected chi connectivity index (χ1v) is 13.7. The number of pyridine rings is 1. The zero-order valence-corrected chi connectivity index (χ0v) is 23.5. The molecule has 9 nitrogen and oxygen atoms in total. The predicted octanol–water partition coefficient (Wildman–Crippen LogP) is 4.75. The third-order valence-electron chi connectivity index (χ3n) is 7.14. The van der Waals surface area contributed by atoms with Crippen molar-refractivity contribution >= 4 is 10.9 Å². The van der Waals surface area contributed by atoms with Gasteiger partial charge in [0.1, 0.15) is 11.8 Å². The van der Waals surface area contributed by atoms with Gasteiger partial charge in [0.15, 0.2) is 5.82 Å². The summed E-state index contributed by atoms with van der Waals surface area (Å²) in [4.78, 5) is 19.1. The molecule has 2 atom stereocenters. The topological polar surface area (TPSA) is 98.2 Å². The summed E-state index contributed by atoms with van der Waals surface area (Å²) >= 11 is 0. The highest BCUT2D eigenvalue weighted by Crippen LogP contribution is 2.32. The predicted molar refractivity (Wildman–Crippen MR) is 151 cm³/mol. The van der Waals surface area contributed by atoms with Crippen LogP contribution in [0, 0.1) is 6.92 Å². The van der Waals surface area contributed by atoms with Crippen LogP contribution in [-0.4, -0.2) is 56.0 Å². The lowest BCUT2D eigenvalue weighted by Gasteiger charge is -2.34. The molecule has 0 spiro atoms. The summed E-state index contributed by atoms with van der Waals surface area (Å²) in [6.07, 6.45) is 2.07. The molecule has 1 aliphatic rings. The quantitative estimate of drug-likeness (QED) is 0.334. The number of nitrogens with one attached hydrogen (secondary N) is 1. The molecule has 4 aromatic rings. The van der Waals surface area contributed by atoms with Gasteiger partial charge in [0.05, 0.1) is 18.2 Å². The van der Waals surface area contributed by atoms with Gasteiger partial charge in [0.2, 0.25) is 0 Å². The number of aryl methyl sites for hydroxylation is 1. The molecule has 1 N–H and O–H groups in total. The Labute approximate surface area is 229 Å². The van der Waals surface area contributed by atoms with Gasteiger partial charge in [-0.2, -0.15) is 0 Å². The van der Waals surface area contributed by atoms with Crippen molar-refractivity contribution in [3.8, 4) is 5.75 Å². The number of aromatic nitrogens is 5. The number of benzene rings is 2. The summed E-state index contributed by atoms with van der Waals surface area (Å²) in [5.74, 6) is 1.46. The SMILES string of the molecule is CCOc1ccc(CN(C[C@@H]2CCCO2)[C@@H](c2cc3cc(C)ccc3[nH]c2=O)c2nnnn2C(C)(C)C)cc1. The molecule has 0 aliphatic carbocycles. The average molecular weight is 531 g/mol. The smallest absolute Gasteiger partial charge is 0.253 e. The van der Waals surface area contributed by atoms with E-state index in [9.17, 15) is 4.79 Å². The van der Waals surface area contributed by atoms with E-state index in [1.807, 2.05) is 41.9 Å². The number of fused-ring (bicyclic) bond motifs is 1. The third-order valence-corrected chi connectivity index (χ3v) is 7.14. The van der Waals surface area contributed by atoms with Crippen molar-refractivity contribution in [2.24, 2.45) is 0 Å². The largest absolute Gasteiger partial charge is 0.494 e. The number of tetrazole rings is 1. The summed E-state index contributed by atoms with van der Waals surface area (Å²) in [6, 6.07) is 15.7. The number of aromatic amines is 1. The lowest BCUT2D eigenvalue weighted by Crippen LogP contribution is -2.40. The molecule has 1 fully saturated rings. The minimum atomic E-state index is -0.497. The molecule has 0 unspecified atom stereocenters. The molecule has 9 heteroatoms. The molecular formula is C30H38N6O3. The van der Waals surface area contributed by atoms with E-state index in [0.717, 1.165) is 47.2 Å². The van der Waals surface area contributed by atoms with Gasteiger partial charge in [-0.15, -0.1) is 5.10 Å².